The van der Waals surface area contributed by atoms with Gasteiger partial charge in [0.2, 0.25) is 0 Å². The van der Waals surface area contributed by atoms with Crippen LogP contribution in [0.15, 0.2) is 22.7 Å². The first-order valence-corrected chi connectivity index (χ1v) is 10.0. The molecule has 1 heterocycles. The van der Waals surface area contributed by atoms with Gasteiger partial charge in [-0.15, -0.1) is 0 Å². The van der Waals surface area contributed by atoms with Crippen molar-refractivity contribution in [3.05, 3.63) is 32.3 Å². The second-order valence-electron chi connectivity index (χ2n) is 8.36. The largest absolute Gasteiger partial charge is 0.434 e. The van der Waals surface area contributed by atoms with Gasteiger partial charge in [0, 0.05) is 12.1 Å². The van der Waals surface area contributed by atoms with Crippen LogP contribution >= 0.6 is 0 Å². The second kappa shape index (κ2) is 11.2. The lowest BCUT2D eigenvalue weighted by molar-refractivity contribution is -0.397. The average molecular weight is 428 g/mol. The fourth-order valence-electron chi connectivity index (χ4n) is 3.21. The molecule has 170 valence electrons. The number of hydrogen-bond acceptors (Lipinski definition) is 10. The standard InChI is InChI=1S/C18H33N7O5/c1-7-14(21-26)17(3,4)20-11-13(12-24-10-9-19-16(24)25(28)29)30-23-18(5,6)15(8-2)22-27/h9-10,13-15,20,23H,7-8,11-12H2,1-6H3. The van der Waals surface area contributed by atoms with Gasteiger partial charge in [-0.1, -0.05) is 29.2 Å². The maximum absolute atomic E-state index is 11.2. The fourth-order valence-corrected chi connectivity index (χ4v) is 3.21. The summed E-state index contributed by atoms with van der Waals surface area (Å²) in [5, 5.41) is 20.8. The third-order valence-electron chi connectivity index (χ3n) is 5.23. The van der Waals surface area contributed by atoms with E-state index in [1.165, 1.54) is 17.0 Å². The molecule has 0 aliphatic carbocycles. The molecular formula is C18H33N7O5. The Bertz CT molecular complexity index is 675. The highest BCUT2D eigenvalue weighted by Gasteiger charge is 2.33. The van der Waals surface area contributed by atoms with Crippen LogP contribution in [0.1, 0.15) is 54.4 Å². The molecule has 0 aliphatic heterocycles. The molecule has 1 rings (SSSR count). The summed E-state index contributed by atoms with van der Waals surface area (Å²) < 4.78 is 1.37. The van der Waals surface area contributed by atoms with E-state index >= 15 is 0 Å². The summed E-state index contributed by atoms with van der Waals surface area (Å²) in [6.45, 7) is 11.4. The first-order chi connectivity index (χ1) is 14.0. The van der Waals surface area contributed by atoms with E-state index in [2.05, 4.69) is 26.1 Å². The summed E-state index contributed by atoms with van der Waals surface area (Å²) in [4.78, 5) is 42.5. The molecular weight excluding hydrogens is 394 g/mol. The van der Waals surface area contributed by atoms with Crippen LogP contribution in [0.5, 0.6) is 0 Å². The van der Waals surface area contributed by atoms with Crippen molar-refractivity contribution in [2.24, 2.45) is 10.4 Å². The Balaban J connectivity index is 2.98. The minimum absolute atomic E-state index is 0.124. The quantitative estimate of drug-likeness (QED) is 0.246. The van der Waals surface area contributed by atoms with Gasteiger partial charge in [-0.25, -0.2) is 4.57 Å². The van der Waals surface area contributed by atoms with Gasteiger partial charge in [0.25, 0.3) is 0 Å². The summed E-state index contributed by atoms with van der Waals surface area (Å²) in [7, 11) is 0. The lowest BCUT2D eigenvalue weighted by Gasteiger charge is -2.34. The molecule has 3 atom stereocenters. The first-order valence-electron chi connectivity index (χ1n) is 10.0. The van der Waals surface area contributed by atoms with Crippen molar-refractivity contribution in [3.63, 3.8) is 0 Å². The minimum atomic E-state index is -0.749. The molecule has 0 fully saturated rings. The number of nitrogens with zero attached hydrogens (tertiary/aromatic N) is 5. The molecule has 0 amide bonds. The summed E-state index contributed by atoms with van der Waals surface area (Å²) >= 11 is 0. The SMILES string of the molecule is CCC(N=O)C(C)(C)NCC(Cn1ccnc1[N+](=O)[O-])ONC(C)(C)C(CC)N=O. The fraction of sp³-hybridized carbons (Fsp3) is 0.833. The van der Waals surface area contributed by atoms with Crippen LogP contribution in [0, 0.1) is 19.9 Å². The van der Waals surface area contributed by atoms with Crippen molar-refractivity contribution in [2.45, 2.75) is 90.2 Å². The summed E-state index contributed by atoms with van der Waals surface area (Å²) in [5.41, 5.74) is 1.54. The highest BCUT2D eigenvalue weighted by Crippen LogP contribution is 2.19. The number of nitro groups is 1. The minimum Gasteiger partial charge on any atom is -0.390 e. The molecule has 12 heteroatoms. The zero-order chi connectivity index (χ0) is 22.9. The Morgan fingerprint density at radius 3 is 2.23 bits per heavy atom. The van der Waals surface area contributed by atoms with Crippen molar-refractivity contribution in [1.29, 1.82) is 0 Å². The third-order valence-corrected chi connectivity index (χ3v) is 5.23. The van der Waals surface area contributed by atoms with Crippen LogP contribution < -0.4 is 10.8 Å². The number of imidazole rings is 1. The first kappa shape index (κ1) is 25.7. The Morgan fingerprint density at radius 1 is 1.17 bits per heavy atom. The lowest BCUT2D eigenvalue weighted by Crippen LogP contribution is -2.54. The smallest absolute Gasteiger partial charge is 0.390 e. The van der Waals surface area contributed by atoms with Crippen molar-refractivity contribution >= 4 is 5.95 Å². The number of hydroxylamine groups is 1. The van der Waals surface area contributed by atoms with Gasteiger partial charge in [-0.2, -0.15) is 15.3 Å². The van der Waals surface area contributed by atoms with E-state index in [-0.39, 0.29) is 19.0 Å². The molecule has 0 saturated carbocycles. The monoisotopic (exact) mass is 427 g/mol. The summed E-state index contributed by atoms with van der Waals surface area (Å²) in [6, 6.07) is -0.970. The highest BCUT2D eigenvalue weighted by molar-refractivity contribution is 5.07. The van der Waals surface area contributed by atoms with Crippen molar-refractivity contribution in [2.75, 3.05) is 6.54 Å². The van der Waals surface area contributed by atoms with Gasteiger partial charge >= 0.3 is 5.95 Å². The van der Waals surface area contributed by atoms with E-state index in [9.17, 15) is 19.9 Å². The number of nitroso groups, excluding NO2 is 2. The van der Waals surface area contributed by atoms with Gasteiger partial charge in [-0.05, 0) is 45.5 Å². The third kappa shape index (κ3) is 6.89. The normalized spacial score (nSPS) is 15.4. The molecule has 2 N–H and O–H groups in total. The van der Waals surface area contributed by atoms with Gasteiger partial charge in [-0.3, -0.25) is 4.84 Å². The van der Waals surface area contributed by atoms with Crippen LogP contribution in [0.25, 0.3) is 0 Å². The van der Waals surface area contributed by atoms with Crippen LogP contribution in [0.4, 0.5) is 5.95 Å². The van der Waals surface area contributed by atoms with E-state index in [0.29, 0.717) is 12.8 Å². The van der Waals surface area contributed by atoms with E-state index in [1.54, 1.807) is 13.8 Å². The van der Waals surface area contributed by atoms with Crippen LogP contribution in [-0.4, -0.2) is 50.3 Å². The van der Waals surface area contributed by atoms with Gasteiger partial charge < -0.3 is 15.4 Å². The summed E-state index contributed by atoms with van der Waals surface area (Å²) in [5.74, 6) is -0.302. The Kier molecular flexibility index (Phi) is 9.59. The second-order valence-corrected chi connectivity index (χ2v) is 8.36. The van der Waals surface area contributed by atoms with E-state index in [0.717, 1.165) is 0 Å². The predicted octanol–water partition coefficient (Wildman–Crippen LogP) is 2.92. The van der Waals surface area contributed by atoms with E-state index in [4.69, 9.17) is 4.84 Å². The molecule has 0 aliphatic rings. The van der Waals surface area contributed by atoms with Crippen LogP contribution in [0.3, 0.4) is 0 Å². The highest BCUT2D eigenvalue weighted by atomic mass is 16.7. The summed E-state index contributed by atoms with van der Waals surface area (Å²) in [6.07, 6.45) is 3.35. The number of aromatic nitrogens is 2. The number of nitrogens with one attached hydrogen (secondary N) is 2. The number of rotatable bonds is 15. The van der Waals surface area contributed by atoms with Gasteiger partial charge in [0.1, 0.15) is 37.1 Å². The van der Waals surface area contributed by atoms with Gasteiger partial charge in [0.05, 0.1) is 5.54 Å². The zero-order valence-electron chi connectivity index (χ0n) is 18.5. The Labute approximate surface area is 176 Å². The molecule has 30 heavy (non-hydrogen) atoms. The lowest BCUT2D eigenvalue weighted by atomic mass is 9.93. The Hall–Kier alpha value is -2.31. The molecule has 0 radical (unpaired) electrons. The van der Waals surface area contributed by atoms with Crippen LogP contribution in [-0.2, 0) is 11.4 Å². The molecule has 1 aromatic rings. The molecule has 0 saturated heterocycles. The molecule has 12 nitrogen and oxygen atoms in total. The van der Waals surface area contributed by atoms with Crippen LogP contribution in [0.2, 0.25) is 0 Å². The van der Waals surface area contributed by atoms with Gasteiger partial charge in [0.15, 0.2) is 0 Å². The van der Waals surface area contributed by atoms with Crippen molar-refractivity contribution in [3.8, 4) is 0 Å². The predicted molar refractivity (Wildman–Crippen MR) is 113 cm³/mol. The van der Waals surface area contributed by atoms with Crippen molar-refractivity contribution in [1.82, 2.24) is 20.3 Å². The van der Waals surface area contributed by atoms with E-state index in [1.807, 2.05) is 27.7 Å². The maximum Gasteiger partial charge on any atom is 0.434 e. The maximum atomic E-state index is 11.2. The molecule has 1 aromatic heterocycles. The molecule has 0 aromatic carbocycles. The molecule has 3 unspecified atom stereocenters. The average Bonchev–Trinajstić information content (AvgIpc) is 3.14. The zero-order valence-corrected chi connectivity index (χ0v) is 18.5. The molecule has 0 spiro atoms. The molecule has 0 bridgehead atoms. The van der Waals surface area contributed by atoms with E-state index < -0.39 is 34.2 Å². The van der Waals surface area contributed by atoms with Crippen molar-refractivity contribution < 1.29 is 9.76 Å². The Morgan fingerprint density at radius 2 is 1.73 bits per heavy atom. The topological polar surface area (TPSA) is 153 Å². The number of hydrogen-bond donors (Lipinski definition) is 2.